The number of anilines is 1. The van der Waals surface area contributed by atoms with Gasteiger partial charge in [0.05, 0.1) is 33.7 Å². The maximum Gasteiger partial charge on any atom is 0.324 e. The van der Waals surface area contributed by atoms with Crippen LogP contribution in [-0.4, -0.2) is 55.4 Å². The zero-order valence-corrected chi connectivity index (χ0v) is 21.8. The summed E-state index contributed by atoms with van der Waals surface area (Å²) < 4.78 is 12.5. The van der Waals surface area contributed by atoms with Gasteiger partial charge in [-0.2, -0.15) is 5.10 Å². The monoisotopic (exact) mass is 545 g/mol. The topological polar surface area (TPSA) is 147 Å². The van der Waals surface area contributed by atoms with E-state index in [0.717, 1.165) is 22.6 Å². The van der Waals surface area contributed by atoms with Gasteiger partial charge in [-0.25, -0.2) is 19.6 Å². The second kappa shape index (κ2) is 11.3. The number of ether oxygens (including phenoxy) is 2. The zero-order valence-electron chi connectivity index (χ0n) is 21.0. The lowest BCUT2D eigenvalue weighted by Crippen LogP contribution is -2.13. The summed E-state index contributed by atoms with van der Waals surface area (Å²) in [6.07, 6.45) is 3.15. The van der Waals surface area contributed by atoms with Crippen molar-refractivity contribution in [3.63, 3.8) is 0 Å². The molecule has 5 aromatic rings. The van der Waals surface area contributed by atoms with Gasteiger partial charge in [0.1, 0.15) is 12.4 Å². The quantitative estimate of drug-likeness (QED) is 0.148. The molecule has 0 radical (unpaired) electrons. The van der Waals surface area contributed by atoms with Crippen LogP contribution in [0.15, 0.2) is 60.9 Å². The molecule has 13 heteroatoms. The average molecular weight is 546 g/mol. The summed E-state index contributed by atoms with van der Waals surface area (Å²) in [4.78, 5) is 37.4. The smallest absolute Gasteiger partial charge is 0.324 e. The highest BCUT2D eigenvalue weighted by Gasteiger charge is 2.20. The number of amides is 1. The number of thiophene rings is 1. The van der Waals surface area contributed by atoms with E-state index in [0.29, 0.717) is 48.1 Å². The first kappa shape index (κ1) is 25.9. The standard InChI is InChI=1S/C26H23N7O5S/c1-3-37-12-13-38-21-10-6-17(14-27-21)23-29-24(31-26(34)20-9-11-22(39-20)33(35)36)19-15-28-32(25(19)30-23)18-7-4-16(2)5-8-18/h4-11,14-15H,3,12-13H2,1-2H3,(H,29,30,31,34). The fourth-order valence-corrected chi connectivity index (χ4v) is 4.39. The fourth-order valence-electron chi connectivity index (χ4n) is 3.67. The third kappa shape index (κ3) is 5.73. The molecule has 5 rings (SSSR count). The van der Waals surface area contributed by atoms with Crippen molar-refractivity contribution in [1.82, 2.24) is 24.7 Å². The normalized spacial score (nSPS) is 11.0. The number of aryl methyl sites for hydroxylation is 1. The number of fused-ring (bicyclic) bond motifs is 1. The fraction of sp³-hybridized carbons (Fsp3) is 0.192. The molecule has 0 aliphatic carbocycles. The van der Waals surface area contributed by atoms with E-state index in [2.05, 4.69) is 20.4 Å². The number of hydrogen-bond donors (Lipinski definition) is 1. The number of nitrogens with zero attached hydrogens (tertiary/aromatic N) is 6. The Kier molecular flexibility index (Phi) is 7.52. The number of nitro groups is 1. The number of nitrogens with one attached hydrogen (secondary N) is 1. The van der Waals surface area contributed by atoms with Crippen LogP contribution in [0.3, 0.4) is 0 Å². The lowest BCUT2D eigenvalue weighted by Gasteiger charge is -2.10. The van der Waals surface area contributed by atoms with Gasteiger partial charge in [0.2, 0.25) is 5.88 Å². The van der Waals surface area contributed by atoms with Gasteiger partial charge in [-0.1, -0.05) is 29.0 Å². The average Bonchev–Trinajstić information content (AvgIpc) is 3.60. The van der Waals surface area contributed by atoms with E-state index in [-0.39, 0.29) is 15.7 Å². The van der Waals surface area contributed by atoms with Crippen LogP contribution in [0.4, 0.5) is 10.8 Å². The van der Waals surface area contributed by atoms with Gasteiger partial charge in [0, 0.05) is 30.5 Å². The minimum atomic E-state index is -0.536. The molecule has 1 amide bonds. The molecule has 4 aromatic heterocycles. The first-order valence-electron chi connectivity index (χ1n) is 12.0. The highest BCUT2D eigenvalue weighted by atomic mass is 32.1. The lowest BCUT2D eigenvalue weighted by atomic mass is 10.2. The second-order valence-electron chi connectivity index (χ2n) is 8.30. The lowest BCUT2D eigenvalue weighted by molar-refractivity contribution is -0.380. The SMILES string of the molecule is CCOCCOc1ccc(-c2nc(NC(=O)c3ccc([N+](=O)[O-])s3)c3cnn(-c4ccc(C)cc4)c3n2)cn1. The van der Waals surface area contributed by atoms with Crippen LogP contribution in [-0.2, 0) is 4.74 Å². The molecule has 0 atom stereocenters. The minimum absolute atomic E-state index is 0.129. The Morgan fingerprint density at radius 3 is 2.59 bits per heavy atom. The molecule has 0 aliphatic heterocycles. The molecule has 0 aliphatic rings. The van der Waals surface area contributed by atoms with Crippen molar-refractivity contribution in [1.29, 1.82) is 0 Å². The molecule has 1 aromatic carbocycles. The molecular weight excluding hydrogens is 522 g/mol. The van der Waals surface area contributed by atoms with Gasteiger partial charge in [0.15, 0.2) is 11.5 Å². The van der Waals surface area contributed by atoms with Crippen molar-refractivity contribution in [2.45, 2.75) is 13.8 Å². The Morgan fingerprint density at radius 2 is 1.90 bits per heavy atom. The van der Waals surface area contributed by atoms with Crippen molar-refractivity contribution in [2.75, 3.05) is 25.1 Å². The molecule has 0 saturated heterocycles. The highest BCUT2D eigenvalue weighted by molar-refractivity contribution is 7.17. The Hall–Kier alpha value is -4.75. The van der Waals surface area contributed by atoms with Gasteiger partial charge in [-0.15, -0.1) is 0 Å². The molecule has 198 valence electrons. The number of pyridine rings is 1. The summed E-state index contributed by atoms with van der Waals surface area (Å²) in [7, 11) is 0. The zero-order chi connectivity index (χ0) is 27.4. The van der Waals surface area contributed by atoms with Crippen LogP contribution in [0.1, 0.15) is 22.2 Å². The van der Waals surface area contributed by atoms with Crippen LogP contribution >= 0.6 is 11.3 Å². The summed E-state index contributed by atoms with van der Waals surface area (Å²) in [5.74, 6) is 0.416. The minimum Gasteiger partial charge on any atom is -0.475 e. The van der Waals surface area contributed by atoms with Gasteiger partial charge >= 0.3 is 5.00 Å². The third-order valence-corrected chi connectivity index (χ3v) is 6.65. The van der Waals surface area contributed by atoms with E-state index in [1.54, 1.807) is 29.2 Å². The highest BCUT2D eigenvalue weighted by Crippen LogP contribution is 2.29. The van der Waals surface area contributed by atoms with Gasteiger partial charge < -0.3 is 14.8 Å². The van der Waals surface area contributed by atoms with Crippen molar-refractivity contribution in [3.05, 3.63) is 81.5 Å². The summed E-state index contributed by atoms with van der Waals surface area (Å²) in [5, 5.41) is 18.7. The first-order valence-corrected chi connectivity index (χ1v) is 12.8. The van der Waals surface area contributed by atoms with Gasteiger partial charge in [-0.05, 0) is 38.1 Å². The van der Waals surface area contributed by atoms with E-state index in [4.69, 9.17) is 14.5 Å². The number of rotatable bonds is 10. The number of benzene rings is 1. The van der Waals surface area contributed by atoms with Gasteiger partial charge in [0.25, 0.3) is 5.91 Å². The van der Waals surface area contributed by atoms with E-state index >= 15 is 0 Å². The van der Waals surface area contributed by atoms with E-state index in [1.807, 2.05) is 38.1 Å². The summed E-state index contributed by atoms with van der Waals surface area (Å²) in [5.41, 5.74) is 2.93. The summed E-state index contributed by atoms with van der Waals surface area (Å²) in [6, 6.07) is 13.9. The number of hydrogen-bond acceptors (Lipinski definition) is 10. The molecule has 0 saturated carbocycles. The van der Waals surface area contributed by atoms with Crippen molar-refractivity contribution in [3.8, 4) is 23.0 Å². The van der Waals surface area contributed by atoms with E-state index in [9.17, 15) is 14.9 Å². The van der Waals surface area contributed by atoms with Crippen molar-refractivity contribution >= 4 is 39.1 Å². The Morgan fingerprint density at radius 1 is 1.08 bits per heavy atom. The number of carbonyl (C=O) groups excluding carboxylic acids is 1. The van der Waals surface area contributed by atoms with Crippen molar-refractivity contribution < 1.29 is 19.2 Å². The summed E-state index contributed by atoms with van der Waals surface area (Å²) in [6.45, 7) is 5.34. The first-order chi connectivity index (χ1) is 18.9. The number of carbonyl (C=O) groups is 1. The van der Waals surface area contributed by atoms with Crippen LogP contribution < -0.4 is 10.1 Å². The third-order valence-electron chi connectivity index (χ3n) is 5.61. The molecule has 0 bridgehead atoms. The molecule has 4 heterocycles. The molecule has 0 unspecified atom stereocenters. The van der Waals surface area contributed by atoms with Crippen LogP contribution in [0, 0.1) is 17.0 Å². The van der Waals surface area contributed by atoms with Crippen LogP contribution in [0.5, 0.6) is 5.88 Å². The van der Waals surface area contributed by atoms with Crippen LogP contribution in [0.25, 0.3) is 28.1 Å². The van der Waals surface area contributed by atoms with E-state index in [1.165, 1.54) is 12.1 Å². The van der Waals surface area contributed by atoms with Gasteiger partial charge in [-0.3, -0.25) is 14.9 Å². The van der Waals surface area contributed by atoms with Crippen LogP contribution in [0.2, 0.25) is 0 Å². The van der Waals surface area contributed by atoms with E-state index < -0.39 is 10.8 Å². The molecular formula is C26H23N7O5S. The molecule has 0 spiro atoms. The Labute approximate surface area is 226 Å². The summed E-state index contributed by atoms with van der Waals surface area (Å²) >= 11 is 0.781. The largest absolute Gasteiger partial charge is 0.475 e. The number of aromatic nitrogens is 5. The molecule has 0 fully saturated rings. The predicted molar refractivity (Wildman–Crippen MR) is 146 cm³/mol. The Balaban J connectivity index is 1.52. The maximum absolute atomic E-state index is 13.0. The molecule has 12 nitrogen and oxygen atoms in total. The van der Waals surface area contributed by atoms with Crippen molar-refractivity contribution in [2.24, 2.45) is 0 Å². The maximum atomic E-state index is 13.0. The second-order valence-corrected chi connectivity index (χ2v) is 9.37. The predicted octanol–water partition coefficient (Wildman–Crippen LogP) is 4.82. The Bertz CT molecular complexity index is 1630. The molecule has 39 heavy (non-hydrogen) atoms. The molecule has 1 N–H and O–H groups in total.